The fourth-order valence-corrected chi connectivity index (χ4v) is 4.01. The number of hydrogen-bond acceptors (Lipinski definition) is 3. The molecule has 2 amide bonds. The first kappa shape index (κ1) is 23.5. The molecule has 2 aromatic carbocycles. The van der Waals surface area contributed by atoms with Crippen LogP contribution >= 0.6 is 0 Å². The number of amides is 2. The predicted molar refractivity (Wildman–Crippen MR) is 128 cm³/mol. The van der Waals surface area contributed by atoms with E-state index < -0.39 is 0 Å². The van der Waals surface area contributed by atoms with Gasteiger partial charge in [-0.25, -0.2) is 4.98 Å². The third kappa shape index (κ3) is 5.96. The molecule has 1 unspecified atom stereocenters. The van der Waals surface area contributed by atoms with Crippen LogP contribution in [0.1, 0.15) is 57.5 Å². The number of aromatic nitrogens is 2. The number of nitrogens with one attached hydrogen (secondary N) is 1. The summed E-state index contributed by atoms with van der Waals surface area (Å²) in [7, 11) is 0. The Hall–Kier alpha value is -3.15. The Morgan fingerprint density at radius 2 is 1.66 bits per heavy atom. The molecular formula is C26H34N4O2. The topological polar surface area (TPSA) is 67.2 Å². The van der Waals surface area contributed by atoms with Gasteiger partial charge in [-0.15, -0.1) is 0 Å². The quantitative estimate of drug-likeness (QED) is 0.483. The molecule has 0 spiro atoms. The second kappa shape index (κ2) is 11.5. The van der Waals surface area contributed by atoms with Crippen molar-refractivity contribution in [2.24, 2.45) is 0 Å². The summed E-state index contributed by atoms with van der Waals surface area (Å²) in [6.07, 6.45) is 2.96. The lowest BCUT2D eigenvalue weighted by atomic mass is 10.1. The molecule has 1 heterocycles. The molecular weight excluding hydrogens is 400 g/mol. The molecule has 1 N–H and O–H groups in total. The third-order valence-electron chi connectivity index (χ3n) is 5.57. The summed E-state index contributed by atoms with van der Waals surface area (Å²) >= 11 is 0. The summed E-state index contributed by atoms with van der Waals surface area (Å²) in [6, 6.07) is 17.5. The molecule has 0 aliphatic heterocycles. The van der Waals surface area contributed by atoms with Gasteiger partial charge in [0.05, 0.1) is 17.1 Å². The van der Waals surface area contributed by atoms with E-state index in [0.717, 1.165) is 42.5 Å². The number of nitrogens with zero attached hydrogens (tertiary/aromatic N) is 3. The number of carbonyl (C=O) groups is 2. The standard InChI is InChI=1S/C26H34N4O2/c1-4-17-29(18-5-2)25(32)19-30-23-14-10-9-13-22(23)28-26(30)20(3)27-24(31)16-15-21-11-7-6-8-12-21/h6-14,20H,4-5,15-19H2,1-3H3,(H,27,31). The van der Waals surface area contributed by atoms with Crippen LogP contribution in [-0.4, -0.2) is 39.4 Å². The minimum absolute atomic E-state index is 0.0233. The van der Waals surface area contributed by atoms with E-state index in [9.17, 15) is 9.59 Å². The molecule has 6 heteroatoms. The molecule has 0 radical (unpaired) electrons. The average molecular weight is 435 g/mol. The predicted octanol–water partition coefficient (Wildman–Crippen LogP) is 4.49. The summed E-state index contributed by atoms with van der Waals surface area (Å²) in [5.41, 5.74) is 2.88. The van der Waals surface area contributed by atoms with Crippen molar-refractivity contribution in [3.8, 4) is 0 Å². The Balaban J connectivity index is 1.76. The SMILES string of the molecule is CCCN(CCC)C(=O)Cn1c(C(C)NC(=O)CCc2ccccc2)nc2ccccc21. The van der Waals surface area contributed by atoms with Crippen LogP contribution in [0, 0.1) is 0 Å². The Bertz CT molecular complexity index is 1020. The van der Waals surface area contributed by atoms with Gasteiger partial charge in [-0.2, -0.15) is 0 Å². The molecule has 32 heavy (non-hydrogen) atoms. The second-order valence-electron chi connectivity index (χ2n) is 8.20. The van der Waals surface area contributed by atoms with Crippen LogP contribution in [-0.2, 0) is 22.6 Å². The van der Waals surface area contributed by atoms with Crippen molar-refractivity contribution in [1.29, 1.82) is 0 Å². The summed E-state index contributed by atoms with van der Waals surface area (Å²) in [5.74, 6) is 0.770. The van der Waals surface area contributed by atoms with Crippen LogP contribution in [0.2, 0.25) is 0 Å². The van der Waals surface area contributed by atoms with E-state index in [4.69, 9.17) is 4.98 Å². The van der Waals surface area contributed by atoms with Gasteiger partial charge in [0.15, 0.2) is 0 Å². The monoisotopic (exact) mass is 434 g/mol. The minimum Gasteiger partial charge on any atom is -0.346 e. The van der Waals surface area contributed by atoms with Crippen LogP contribution in [0.5, 0.6) is 0 Å². The fraction of sp³-hybridized carbons (Fsp3) is 0.423. The van der Waals surface area contributed by atoms with Crippen LogP contribution in [0.4, 0.5) is 0 Å². The van der Waals surface area contributed by atoms with Gasteiger partial charge in [-0.1, -0.05) is 56.3 Å². The number of benzene rings is 2. The number of carbonyl (C=O) groups excluding carboxylic acids is 2. The lowest BCUT2D eigenvalue weighted by Gasteiger charge is -2.23. The molecule has 0 bridgehead atoms. The average Bonchev–Trinajstić information content (AvgIpc) is 3.17. The summed E-state index contributed by atoms with van der Waals surface area (Å²) in [6.45, 7) is 7.82. The maximum atomic E-state index is 13.1. The number of hydrogen-bond donors (Lipinski definition) is 1. The highest BCUT2D eigenvalue weighted by Crippen LogP contribution is 2.21. The molecule has 1 aromatic heterocycles. The zero-order chi connectivity index (χ0) is 22.9. The zero-order valence-corrected chi connectivity index (χ0v) is 19.4. The normalized spacial score (nSPS) is 12.0. The Morgan fingerprint density at radius 1 is 1.00 bits per heavy atom. The first-order chi connectivity index (χ1) is 15.5. The van der Waals surface area contributed by atoms with Crippen molar-refractivity contribution in [1.82, 2.24) is 19.8 Å². The molecule has 0 saturated heterocycles. The number of fused-ring (bicyclic) bond motifs is 1. The lowest BCUT2D eigenvalue weighted by molar-refractivity contribution is -0.131. The molecule has 3 aromatic rings. The van der Waals surface area contributed by atoms with E-state index in [1.165, 1.54) is 0 Å². The zero-order valence-electron chi connectivity index (χ0n) is 19.4. The van der Waals surface area contributed by atoms with Gasteiger partial charge in [0.1, 0.15) is 12.4 Å². The third-order valence-corrected chi connectivity index (χ3v) is 5.57. The van der Waals surface area contributed by atoms with Crippen molar-refractivity contribution in [3.05, 3.63) is 66.0 Å². The van der Waals surface area contributed by atoms with Gasteiger partial charge in [0, 0.05) is 19.5 Å². The Kier molecular flexibility index (Phi) is 8.42. The molecule has 0 saturated carbocycles. The summed E-state index contributed by atoms with van der Waals surface area (Å²) in [4.78, 5) is 32.4. The molecule has 3 rings (SSSR count). The van der Waals surface area contributed by atoms with E-state index in [2.05, 4.69) is 19.2 Å². The molecule has 6 nitrogen and oxygen atoms in total. The molecule has 170 valence electrons. The van der Waals surface area contributed by atoms with Gasteiger partial charge in [-0.3, -0.25) is 9.59 Å². The van der Waals surface area contributed by atoms with Crippen LogP contribution in [0.25, 0.3) is 11.0 Å². The summed E-state index contributed by atoms with van der Waals surface area (Å²) < 4.78 is 1.96. The van der Waals surface area contributed by atoms with E-state index >= 15 is 0 Å². The highest BCUT2D eigenvalue weighted by Gasteiger charge is 2.21. The van der Waals surface area contributed by atoms with E-state index in [0.29, 0.717) is 18.7 Å². The van der Waals surface area contributed by atoms with Gasteiger partial charge >= 0.3 is 0 Å². The van der Waals surface area contributed by atoms with Crippen molar-refractivity contribution in [3.63, 3.8) is 0 Å². The largest absolute Gasteiger partial charge is 0.346 e. The Labute approximate surface area is 190 Å². The molecule has 0 fully saturated rings. The van der Waals surface area contributed by atoms with Crippen LogP contribution < -0.4 is 5.32 Å². The first-order valence-electron chi connectivity index (χ1n) is 11.6. The smallest absolute Gasteiger partial charge is 0.242 e. The van der Waals surface area contributed by atoms with E-state index in [-0.39, 0.29) is 24.4 Å². The number of aryl methyl sites for hydroxylation is 1. The molecule has 0 aliphatic carbocycles. The van der Waals surface area contributed by atoms with Gasteiger partial charge in [0.2, 0.25) is 11.8 Å². The van der Waals surface area contributed by atoms with Gasteiger partial charge in [-0.05, 0) is 43.9 Å². The van der Waals surface area contributed by atoms with Crippen LogP contribution in [0.3, 0.4) is 0 Å². The molecule has 1 atom stereocenters. The second-order valence-corrected chi connectivity index (χ2v) is 8.20. The number of rotatable bonds is 11. The number of imidazole rings is 1. The minimum atomic E-state index is -0.302. The highest BCUT2D eigenvalue weighted by atomic mass is 16.2. The van der Waals surface area contributed by atoms with Gasteiger partial charge < -0.3 is 14.8 Å². The maximum Gasteiger partial charge on any atom is 0.242 e. The van der Waals surface area contributed by atoms with Crippen molar-refractivity contribution >= 4 is 22.8 Å². The maximum absolute atomic E-state index is 13.1. The Morgan fingerprint density at radius 3 is 2.34 bits per heavy atom. The summed E-state index contributed by atoms with van der Waals surface area (Å²) in [5, 5.41) is 3.07. The van der Waals surface area contributed by atoms with Crippen molar-refractivity contribution in [2.45, 2.75) is 59.0 Å². The number of para-hydroxylation sites is 2. The highest BCUT2D eigenvalue weighted by molar-refractivity contribution is 5.82. The van der Waals surface area contributed by atoms with E-state index in [1.807, 2.05) is 71.0 Å². The lowest BCUT2D eigenvalue weighted by Crippen LogP contribution is -2.36. The first-order valence-corrected chi connectivity index (χ1v) is 11.6. The molecule has 0 aliphatic rings. The van der Waals surface area contributed by atoms with Gasteiger partial charge in [0.25, 0.3) is 0 Å². The van der Waals surface area contributed by atoms with Crippen LogP contribution in [0.15, 0.2) is 54.6 Å². The van der Waals surface area contributed by atoms with Crippen molar-refractivity contribution < 1.29 is 9.59 Å². The fourth-order valence-electron chi connectivity index (χ4n) is 4.01. The van der Waals surface area contributed by atoms with Crippen molar-refractivity contribution in [2.75, 3.05) is 13.1 Å². The van der Waals surface area contributed by atoms with E-state index in [1.54, 1.807) is 0 Å².